The van der Waals surface area contributed by atoms with Crippen molar-refractivity contribution in [1.29, 1.82) is 0 Å². The molecule has 0 saturated heterocycles. The summed E-state index contributed by atoms with van der Waals surface area (Å²) in [4.78, 5) is 3.23. The summed E-state index contributed by atoms with van der Waals surface area (Å²) in [5, 5.41) is 4.46. The van der Waals surface area contributed by atoms with Crippen molar-refractivity contribution in [2.24, 2.45) is 0 Å². The van der Waals surface area contributed by atoms with Crippen LogP contribution in [0.3, 0.4) is 0 Å². The second kappa shape index (κ2) is 4.90. The first-order valence-corrected chi connectivity index (χ1v) is 6.59. The lowest BCUT2D eigenvalue weighted by Crippen LogP contribution is -2.06. The number of benzene rings is 2. The summed E-state index contributed by atoms with van der Waals surface area (Å²) < 4.78 is 0. The van der Waals surface area contributed by atoms with E-state index in [4.69, 9.17) is 0 Å². The Morgan fingerprint density at radius 2 is 1.79 bits per heavy atom. The van der Waals surface area contributed by atoms with Gasteiger partial charge in [0.15, 0.2) is 0 Å². The fourth-order valence-corrected chi connectivity index (χ4v) is 2.50. The van der Waals surface area contributed by atoms with Crippen LogP contribution in [0, 0.1) is 6.92 Å². The highest BCUT2D eigenvalue weighted by Crippen LogP contribution is 2.25. The van der Waals surface area contributed by atoms with E-state index in [0.29, 0.717) is 0 Å². The Kier molecular flexibility index (Phi) is 3.10. The van der Waals surface area contributed by atoms with E-state index in [0.717, 1.165) is 6.54 Å². The number of rotatable bonds is 3. The number of H-pyrrole nitrogens is 1. The van der Waals surface area contributed by atoms with Gasteiger partial charge in [-0.25, -0.2) is 0 Å². The van der Waals surface area contributed by atoms with Gasteiger partial charge in [-0.3, -0.25) is 0 Å². The lowest BCUT2D eigenvalue weighted by molar-refractivity contribution is 0.812. The minimum absolute atomic E-state index is 0.920. The number of hydrogen-bond donors (Lipinski definition) is 2. The van der Waals surface area contributed by atoms with Gasteiger partial charge < -0.3 is 10.3 Å². The summed E-state index contributed by atoms with van der Waals surface area (Å²) in [6, 6.07) is 15.3. The molecule has 3 rings (SSSR count). The Balaban J connectivity index is 2.03. The van der Waals surface area contributed by atoms with Crippen molar-refractivity contribution >= 4 is 10.9 Å². The molecule has 0 bridgehead atoms. The third-order valence-corrected chi connectivity index (χ3v) is 3.60. The van der Waals surface area contributed by atoms with Crippen LogP contribution in [0.1, 0.15) is 11.1 Å². The molecule has 0 aliphatic carbocycles. The largest absolute Gasteiger partial charge is 0.361 e. The zero-order chi connectivity index (χ0) is 13.2. The molecule has 96 valence electrons. The second-order valence-electron chi connectivity index (χ2n) is 4.95. The van der Waals surface area contributed by atoms with Crippen LogP contribution in [0.5, 0.6) is 0 Å². The number of hydrogen-bond acceptors (Lipinski definition) is 1. The molecule has 0 atom stereocenters. The van der Waals surface area contributed by atoms with Crippen molar-refractivity contribution in [1.82, 2.24) is 10.3 Å². The van der Waals surface area contributed by atoms with Crippen molar-refractivity contribution in [3.8, 4) is 11.1 Å². The average molecular weight is 250 g/mol. The highest BCUT2D eigenvalue weighted by molar-refractivity contribution is 5.85. The molecule has 0 aliphatic heterocycles. The highest BCUT2D eigenvalue weighted by atomic mass is 14.8. The molecule has 0 unspecified atom stereocenters. The number of aromatic nitrogens is 1. The maximum absolute atomic E-state index is 3.23. The smallest absolute Gasteiger partial charge is 0.0454 e. The Labute approximate surface area is 113 Å². The van der Waals surface area contributed by atoms with Crippen LogP contribution < -0.4 is 5.32 Å². The van der Waals surface area contributed by atoms with E-state index in [1.807, 2.05) is 13.2 Å². The van der Waals surface area contributed by atoms with Gasteiger partial charge in [-0.2, -0.15) is 0 Å². The third kappa shape index (κ3) is 2.27. The van der Waals surface area contributed by atoms with Crippen molar-refractivity contribution in [2.45, 2.75) is 13.5 Å². The summed E-state index contributed by atoms with van der Waals surface area (Å²) in [7, 11) is 1.98. The predicted octanol–water partition coefficient (Wildman–Crippen LogP) is 3.86. The van der Waals surface area contributed by atoms with Crippen LogP contribution >= 0.6 is 0 Å². The van der Waals surface area contributed by atoms with Gasteiger partial charge in [-0.1, -0.05) is 24.3 Å². The highest BCUT2D eigenvalue weighted by Gasteiger charge is 2.03. The first-order valence-electron chi connectivity index (χ1n) is 6.59. The van der Waals surface area contributed by atoms with E-state index in [1.54, 1.807) is 0 Å². The quantitative estimate of drug-likeness (QED) is 0.725. The van der Waals surface area contributed by atoms with Gasteiger partial charge in [0.05, 0.1) is 0 Å². The number of fused-ring (bicyclic) bond motifs is 1. The van der Waals surface area contributed by atoms with E-state index in [2.05, 4.69) is 59.7 Å². The number of aryl methyl sites for hydroxylation is 1. The maximum Gasteiger partial charge on any atom is 0.0454 e. The van der Waals surface area contributed by atoms with Crippen molar-refractivity contribution in [3.63, 3.8) is 0 Å². The fourth-order valence-electron chi connectivity index (χ4n) is 2.50. The fraction of sp³-hybridized carbons (Fsp3) is 0.176. The van der Waals surface area contributed by atoms with Crippen molar-refractivity contribution in [3.05, 3.63) is 59.8 Å². The minimum Gasteiger partial charge on any atom is -0.361 e. The zero-order valence-corrected chi connectivity index (χ0v) is 11.3. The molecule has 1 aromatic heterocycles. The first-order chi connectivity index (χ1) is 9.28. The van der Waals surface area contributed by atoms with Crippen molar-refractivity contribution < 1.29 is 0 Å². The topological polar surface area (TPSA) is 27.8 Å². The maximum atomic E-state index is 3.23. The van der Waals surface area contributed by atoms with Crippen LogP contribution in [-0.4, -0.2) is 12.0 Å². The second-order valence-corrected chi connectivity index (χ2v) is 4.95. The monoisotopic (exact) mass is 250 g/mol. The summed E-state index contributed by atoms with van der Waals surface area (Å²) in [6.07, 6.45) is 1.98. The standard InChI is InChI=1S/C17H18N2/c1-12-9-13(3-4-16(12)11-18-2)14-5-6-17-15(10-14)7-8-19-17/h3-10,18-19H,11H2,1-2H3. The van der Waals surface area contributed by atoms with Crippen LogP contribution in [0.4, 0.5) is 0 Å². The SMILES string of the molecule is CNCc1ccc(-c2ccc3[nH]ccc3c2)cc1C. The Morgan fingerprint density at radius 1 is 1.00 bits per heavy atom. The summed E-state index contributed by atoms with van der Waals surface area (Å²) in [6.45, 7) is 3.09. The molecule has 2 N–H and O–H groups in total. The van der Waals surface area contributed by atoms with Crippen molar-refractivity contribution in [2.75, 3.05) is 7.05 Å². The van der Waals surface area contributed by atoms with Gasteiger partial charge in [0.1, 0.15) is 0 Å². The molecule has 1 heterocycles. The Bertz CT molecular complexity index is 710. The van der Waals surface area contributed by atoms with Crippen LogP contribution in [-0.2, 0) is 6.54 Å². The van der Waals surface area contributed by atoms with E-state index < -0.39 is 0 Å². The molecule has 0 saturated carbocycles. The van der Waals surface area contributed by atoms with Gasteiger partial charge in [0.2, 0.25) is 0 Å². The lowest BCUT2D eigenvalue weighted by Gasteiger charge is -2.08. The molecule has 0 spiro atoms. The zero-order valence-electron chi connectivity index (χ0n) is 11.3. The molecule has 0 radical (unpaired) electrons. The van der Waals surface area contributed by atoms with Gasteiger partial charge in [0, 0.05) is 18.3 Å². The predicted molar refractivity (Wildman–Crippen MR) is 81.2 cm³/mol. The lowest BCUT2D eigenvalue weighted by atomic mass is 9.99. The Morgan fingerprint density at radius 3 is 2.58 bits per heavy atom. The first kappa shape index (κ1) is 12.0. The number of aromatic amines is 1. The van der Waals surface area contributed by atoms with Gasteiger partial charge in [-0.05, 0) is 59.8 Å². The van der Waals surface area contributed by atoms with Gasteiger partial charge in [0.25, 0.3) is 0 Å². The van der Waals surface area contributed by atoms with Gasteiger partial charge in [-0.15, -0.1) is 0 Å². The molecule has 19 heavy (non-hydrogen) atoms. The van der Waals surface area contributed by atoms with E-state index >= 15 is 0 Å². The van der Waals surface area contributed by atoms with Crippen LogP contribution in [0.25, 0.3) is 22.0 Å². The summed E-state index contributed by atoms with van der Waals surface area (Å²) in [5.41, 5.74) is 6.42. The molecule has 0 aliphatic rings. The van der Waals surface area contributed by atoms with E-state index in [9.17, 15) is 0 Å². The number of nitrogens with one attached hydrogen (secondary N) is 2. The molecule has 2 nitrogen and oxygen atoms in total. The minimum atomic E-state index is 0.920. The summed E-state index contributed by atoms with van der Waals surface area (Å²) >= 11 is 0. The van der Waals surface area contributed by atoms with Crippen LogP contribution in [0.2, 0.25) is 0 Å². The molecule has 2 aromatic carbocycles. The third-order valence-electron chi connectivity index (χ3n) is 3.60. The molecule has 3 aromatic rings. The van der Waals surface area contributed by atoms with E-state index in [1.165, 1.54) is 33.2 Å². The normalized spacial score (nSPS) is 11.1. The summed E-state index contributed by atoms with van der Waals surface area (Å²) in [5.74, 6) is 0. The molecular weight excluding hydrogens is 232 g/mol. The molecule has 0 amide bonds. The van der Waals surface area contributed by atoms with E-state index in [-0.39, 0.29) is 0 Å². The molecule has 0 fully saturated rings. The average Bonchev–Trinajstić information content (AvgIpc) is 2.88. The van der Waals surface area contributed by atoms with Gasteiger partial charge >= 0.3 is 0 Å². The van der Waals surface area contributed by atoms with Crippen LogP contribution in [0.15, 0.2) is 48.7 Å². The Hall–Kier alpha value is -2.06. The molecule has 2 heteroatoms. The molecular formula is C17H18N2.